The molecule has 3 atom stereocenters. The van der Waals surface area contributed by atoms with Gasteiger partial charge in [-0.25, -0.2) is 4.79 Å². The summed E-state index contributed by atoms with van der Waals surface area (Å²) in [6.45, 7) is 5.39. The SMILES string of the molecule is C=C(C(=O)OC)[C@@H]1CC[C@@H](CC(C)O)O1. The molecule has 4 heteroatoms. The van der Waals surface area contributed by atoms with Crippen LogP contribution in [0.1, 0.15) is 26.2 Å². The number of hydrogen-bond acceptors (Lipinski definition) is 4. The van der Waals surface area contributed by atoms with Gasteiger partial charge < -0.3 is 14.6 Å². The molecule has 0 spiro atoms. The Balaban J connectivity index is 2.42. The van der Waals surface area contributed by atoms with Crippen molar-refractivity contribution in [1.82, 2.24) is 0 Å². The highest BCUT2D eigenvalue weighted by Crippen LogP contribution is 2.27. The van der Waals surface area contributed by atoms with Crippen LogP contribution in [-0.4, -0.2) is 36.5 Å². The molecule has 0 aromatic carbocycles. The van der Waals surface area contributed by atoms with E-state index >= 15 is 0 Å². The maximum atomic E-state index is 11.2. The van der Waals surface area contributed by atoms with Crippen molar-refractivity contribution in [1.29, 1.82) is 0 Å². The van der Waals surface area contributed by atoms with E-state index in [2.05, 4.69) is 11.3 Å². The maximum absolute atomic E-state index is 11.2. The molecule has 1 unspecified atom stereocenters. The third-order valence-electron chi connectivity index (χ3n) is 2.55. The van der Waals surface area contributed by atoms with Crippen LogP contribution in [0.3, 0.4) is 0 Å². The summed E-state index contributed by atoms with van der Waals surface area (Å²) in [5, 5.41) is 9.20. The highest BCUT2D eigenvalue weighted by molar-refractivity contribution is 5.88. The van der Waals surface area contributed by atoms with Crippen LogP contribution in [0.4, 0.5) is 0 Å². The second-order valence-electron chi connectivity index (χ2n) is 3.93. The molecule has 1 fully saturated rings. The van der Waals surface area contributed by atoms with Crippen molar-refractivity contribution in [3.63, 3.8) is 0 Å². The fraction of sp³-hybridized carbons (Fsp3) is 0.727. The quantitative estimate of drug-likeness (QED) is 0.561. The average molecular weight is 214 g/mol. The predicted molar refractivity (Wildman–Crippen MR) is 55.3 cm³/mol. The smallest absolute Gasteiger partial charge is 0.335 e. The van der Waals surface area contributed by atoms with Crippen molar-refractivity contribution in [2.24, 2.45) is 0 Å². The van der Waals surface area contributed by atoms with Crippen LogP contribution in [0, 0.1) is 0 Å². The number of rotatable bonds is 4. The predicted octanol–water partition coefficient (Wildman–Crippen LogP) is 1.03. The Morgan fingerprint density at radius 2 is 2.33 bits per heavy atom. The van der Waals surface area contributed by atoms with E-state index in [-0.39, 0.29) is 18.3 Å². The Kier molecular flexibility index (Phi) is 4.29. The summed E-state index contributed by atoms with van der Waals surface area (Å²) in [4.78, 5) is 11.2. The van der Waals surface area contributed by atoms with E-state index in [4.69, 9.17) is 4.74 Å². The number of methoxy groups -OCH3 is 1. The number of esters is 1. The van der Waals surface area contributed by atoms with Gasteiger partial charge >= 0.3 is 5.97 Å². The molecule has 4 nitrogen and oxygen atoms in total. The monoisotopic (exact) mass is 214 g/mol. The van der Waals surface area contributed by atoms with Crippen LogP contribution in [0.15, 0.2) is 12.2 Å². The molecule has 1 heterocycles. The Labute approximate surface area is 89.9 Å². The molecule has 1 N–H and O–H groups in total. The van der Waals surface area contributed by atoms with Crippen molar-refractivity contribution < 1.29 is 19.4 Å². The molecule has 1 aliphatic rings. The van der Waals surface area contributed by atoms with Crippen LogP contribution >= 0.6 is 0 Å². The van der Waals surface area contributed by atoms with Gasteiger partial charge in [0, 0.05) is 0 Å². The number of carbonyl (C=O) groups is 1. The molecule has 0 aromatic rings. The van der Waals surface area contributed by atoms with E-state index in [9.17, 15) is 9.90 Å². The summed E-state index contributed by atoms with van der Waals surface area (Å²) in [5.74, 6) is -0.419. The van der Waals surface area contributed by atoms with E-state index in [0.717, 1.165) is 12.8 Å². The summed E-state index contributed by atoms with van der Waals surface area (Å²) in [6, 6.07) is 0. The van der Waals surface area contributed by atoms with Crippen molar-refractivity contribution in [3.05, 3.63) is 12.2 Å². The maximum Gasteiger partial charge on any atom is 0.335 e. The molecule has 0 aromatic heterocycles. The first kappa shape index (κ1) is 12.2. The van der Waals surface area contributed by atoms with Crippen LogP contribution in [-0.2, 0) is 14.3 Å². The third-order valence-corrected chi connectivity index (χ3v) is 2.55. The molecule has 0 radical (unpaired) electrons. The summed E-state index contributed by atoms with van der Waals surface area (Å²) < 4.78 is 10.2. The molecule has 0 aliphatic carbocycles. The highest BCUT2D eigenvalue weighted by Gasteiger charge is 2.30. The van der Waals surface area contributed by atoms with Crippen molar-refractivity contribution in [3.8, 4) is 0 Å². The first-order valence-corrected chi connectivity index (χ1v) is 5.15. The lowest BCUT2D eigenvalue weighted by atomic mass is 10.1. The summed E-state index contributed by atoms with van der Waals surface area (Å²) in [7, 11) is 1.33. The highest BCUT2D eigenvalue weighted by atomic mass is 16.5. The molecule has 0 saturated carbocycles. The van der Waals surface area contributed by atoms with Crippen molar-refractivity contribution in [2.75, 3.05) is 7.11 Å². The first-order valence-electron chi connectivity index (χ1n) is 5.15. The zero-order valence-electron chi connectivity index (χ0n) is 9.23. The van der Waals surface area contributed by atoms with Crippen molar-refractivity contribution >= 4 is 5.97 Å². The topological polar surface area (TPSA) is 55.8 Å². The largest absolute Gasteiger partial charge is 0.466 e. The van der Waals surface area contributed by atoms with Crippen LogP contribution in [0.5, 0.6) is 0 Å². The van der Waals surface area contributed by atoms with E-state index in [0.29, 0.717) is 12.0 Å². The standard InChI is InChI=1S/C11H18O4/c1-7(12)6-9-4-5-10(15-9)8(2)11(13)14-3/h7,9-10,12H,2,4-6H2,1,3H3/t7?,9-,10-/m0/s1. The lowest BCUT2D eigenvalue weighted by Crippen LogP contribution is -2.21. The minimum absolute atomic E-state index is 0.0245. The minimum Gasteiger partial charge on any atom is -0.466 e. The van der Waals surface area contributed by atoms with Gasteiger partial charge in [-0.15, -0.1) is 0 Å². The average Bonchev–Trinajstić information content (AvgIpc) is 2.63. The second kappa shape index (κ2) is 5.28. The number of hydrogen-bond donors (Lipinski definition) is 1. The van der Waals surface area contributed by atoms with Gasteiger partial charge in [0.05, 0.1) is 31.0 Å². The first-order chi connectivity index (χ1) is 7.04. The molecular weight excluding hydrogens is 196 g/mol. The van der Waals surface area contributed by atoms with Gasteiger partial charge in [-0.1, -0.05) is 6.58 Å². The zero-order valence-corrected chi connectivity index (χ0v) is 9.23. The molecule has 0 bridgehead atoms. The summed E-state index contributed by atoms with van der Waals surface area (Å²) >= 11 is 0. The van der Waals surface area contributed by atoms with Gasteiger partial charge in [-0.05, 0) is 26.2 Å². The second-order valence-corrected chi connectivity index (χ2v) is 3.93. The number of aliphatic hydroxyl groups excluding tert-OH is 1. The minimum atomic E-state index is -0.419. The van der Waals surface area contributed by atoms with Crippen molar-refractivity contribution in [2.45, 2.75) is 44.5 Å². The van der Waals surface area contributed by atoms with E-state index in [1.807, 2.05) is 0 Å². The fourth-order valence-electron chi connectivity index (χ4n) is 1.78. The number of carbonyl (C=O) groups excluding carboxylic acids is 1. The fourth-order valence-corrected chi connectivity index (χ4v) is 1.78. The van der Waals surface area contributed by atoms with E-state index in [1.165, 1.54) is 7.11 Å². The number of aliphatic hydroxyl groups is 1. The lowest BCUT2D eigenvalue weighted by Gasteiger charge is -2.15. The van der Waals surface area contributed by atoms with Gasteiger partial charge in [0.15, 0.2) is 0 Å². The zero-order chi connectivity index (χ0) is 11.4. The van der Waals surface area contributed by atoms with Crippen LogP contribution < -0.4 is 0 Å². The van der Waals surface area contributed by atoms with E-state index < -0.39 is 5.97 Å². The van der Waals surface area contributed by atoms with Gasteiger partial charge in [-0.3, -0.25) is 0 Å². The van der Waals surface area contributed by atoms with Crippen LogP contribution in [0.2, 0.25) is 0 Å². The Morgan fingerprint density at radius 1 is 1.67 bits per heavy atom. The van der Waals surface area contributed by atoms with Crippen LogP contribution in [0.25, 0.3) is 0 Å². The molecule has 1 rings (SSSR count). The third kappa shape index (κ3) is 3.32. The molecule has 1 saturated heterocycles. The molecule has 86 valence electrons. The molecular formula is C11H18O4. The Bertz CT molecular complexity index is 247. The Morgan fingerprint density at radius 3 is 2.87 bits per heavy atom. The van der Waals surface area contributed by atoms with Gasteiger partial charge in [-0.2, -0.15) is 0 Å². The molecule has 1 aliphatic heterocycles. The van der Waals surface area contributed by atoms with Gasteiger partial charge in [0.2, 0.25) is 0 Å². The summed E-state index contributed by atoms with van der Waals surface area (Å²) in [5.41, 5.74) is 0.366. The number of ether oxygens (including phenoxy) is 2. The Hall–Kier alpha value is -0.870. The van der Waals surface area contributed by atoms with Gasteiger partial charge in [0.25, 0.3) is 0 Å². The molecule has 0 amide bonds. The van der Waals surface area contributed by atoms with Gasteiger partial charge in [0.1, 0.15) is 0 Å². The summed E-state index contributed by atoms with van der Waals surface area (Å²) in [6.07, 6.45) is 1.62. The van der Waals surface area contributed by atoms with E-state index in [1.54, 1.807) is 6.92 Å². The molecule has 15 heavy (non-hydrogen) atoms. The lowest BCUT2D eigenvalue weighted by molar-refractivity contribution is -0.137. The normalized spacial score (nSPS) is 27.4.